The molecule has 0 fully saturated rings. The van der Waals surface area contributed by atoms with Crippen LogP contribution < -0.4 is 0 Å². The molecule has 7 nitrogen and oxygen atoms in total. The number of aromatic nitrogens is 2. The number of carbonyl (C=O) groups excluding carboxylic acids is 1. The number of carbonyl (C=O) groups is 1. The van der Waals surface area contributed by atoms with Gasteiger partial charge in [-0.3, -0.25) is 4.68 Å². The van der Waals surface area contributed by atoms with Crippen LogP contribution >= 0.6 is 11.8 Å². The van der Waals surface area contributed by atoms with Crippen LogP contribution in [0.1, 0.15) is 43.3 Å². The van der Waals surface area contributed by atoms with Gasteiger partial charge in [-0.25, -0.2) is 4.79 Å². The first-order valence-corrected chi connectivity index (χ1v) is 11.2. The first-order valence-electron chi connectivity index (χ1n) is 9.85. The molecule has 0 N–H and O–H groups in total. The van der Waals surface area contributed by atoms with Crippen molar-refractivity contribution >= 4 is 29.2 Å². The van der Waals surface area contributed by atoms with Gasteiger partial charge in [-0.1, -0.05) is 45.0 Å². The molecule has 0 aliphatic heterocycles. The van der Waals surface area contributed by atoms with Gasteiger partial charge in [0.1, 0.15) is 23.9 Å². The highest BCUT2D eigenvalue weighted by Gasteiger charge is 2.20. The Morgan fingerprint density at radius 3 is 2.39 bits per heavy atom. The Bertz CT molecular complexity index is 966. The van der Waals surface area contributed by atoms with Gasteiger partial charge in [0.25, 0.3) is 0 Å². The minimum Gasteiger partial charge on any atom is -0.454 e. The number of rotatable bonds is 8. The van der Waals surface area contributed by atoms with Gasteiger partial charge in [0.05, 0.1) is 5.69 Å². The van der Waals surface area contributed by atoms with Crippen molar-refractivity contribution in [2.24, 2.45) is 7.05 Å². The van der Waals surface area contributed by atoms with Crippen molar-refractivity contribution in [3.05, 3.63) is 52.8 Å². The number of thioether (sulfide) groups is 1. The van der Waals surface area contributed by atoms with E-state index in [1.54, 1.807) is 23.5 Å². The second kappa shape index (κ2) is 10.9. The molecule has 1 aromatic heterocycles. The Morgan fingerprint density at radius 1 is 1.19 bits per heavy atom. The average Bonchev–Trinajstić information content (AvgIpc) is 3.05. The number of hydrogen-bond acceptors (Lipinski definition) is 7. The van der Waals surface area contributed by atoms with Crippen molar-refractivity contribution in [2.75, 3.05) is 25.4 Å². The van der Waals surface area contributed by atoms with Crippen molar-refractivity contribution in [3.8, 4) is 6.07 Å². The smallest absolute Gasteiger partial charge is 0.454 e. The zero-order valence-electron chi connectivity index (χ0n) is 18.9. The Hall–Kier alpha value is -2.92. The number of nitrogens with zero attached hydrogens (tertiary/aromatic N) is 3. The van der Waals surface area contributed by atoms with Crippen LogP contribution in [-0.4, -0.2) is 41.3 Å². The number of aryl methyl sites for hydroxylation is 2. The van der Waals surface area contributed by atoms with Crippen molar-refractivity contribution in [3.63, 3.8) is 0 Å². The topological polar surface area (TPSA) is 86.4 Å². The number of ether oxygens (including phenoxy) is 3. The van der Waals surface area contributed by atoms with E-state index in [1.165, 1.54) is 0 Å². The minimum absolute atomic E-state index is 0.00197. The SMILES string of the molecule is CSCCOC(=O)OCO/C(=C(/C#N)c1ccc(C(C)(C)C)cc1)c1cc(C)nn1C. The first-order chi connectivity index (χ1) is 14.7. The maximum absolute atomic E-state index is 11.7. The standard InChI is InChI=1S/C23H29N3O4S/c1-16-13-20(26(5)25-16)21(29-15-30-22(27)28-11-12-31-6)19(14-24)17-7-9-18(10-8-17)23(2,3)4/h7-10,13H,11-12,15H2,1-6H3/b21-19-. The summed E-state index contributed by atoms with van der Waals surface area (Å²) in [6.07, 6.45) is 1.10. The summed E-state index contributed by atoms with van der Waals surface area (Å²) in [6.45, 7) is 8.11. The minimum atomic E-state index is -0.817. The van der Waals surface area contributed by atoms with E-state index < -0.39 is 6.16 Å². The summed E-state index contributed by atoms with van der Waals surface area (Å²) in [6, 6.07) is 11.8. The lowest BCUT2D eigenvalue weighted by Gasteiger charge is -2.19. The van der Waals surface area contributed by atoms with E-state index in [-0.39, 0.29) is 24.6 Å². The quantitative estimate of drug-likeness (QED) is 0.188. The maximum Gasteiger partial charge on any atom is 0.511 e. The lowest BCUT2D eigenvalue weighted by molar-refractivity contribution is -0.00330. The van der Waals surface area contributed by atoms with Crippen molar-refractivity contribution in [1.29, 1.82) is 5.26 Å². The molecule has 2 rings (SSSR count). The molecule has 166 valence electrons. The Kier molecular flexibility index (Phi) is 8.57. The summed E-state index contributed by atoms with van der Waals surface area (Å²) >= 11 is 1.56. The molecule has 31 heavy (non-hydrogen) atoms. The maximum atomic E-state index is 11.7. The van der Waals surface area contributed by atoms with Gasteiger partial charge in [-0.2, -0.15) is 22.1 Å². The van der Waals surface area contributed by atoms with E-state index in [0.717, 1.165) is 11.3 Å². The second-order valence-electron chi connectivity index (χ2n) is 7.94. The number of nitriles is 1. The van der Waals surface area contributed by atoms with Crippen LogP contribution in [0.3, 0.4) is 0 Å². The zero-order chi connectivity index (χ0) is 23.0. The largest absolute Gasteiger partial charge is 0.511 e. The first kappa shape index (κ1) is 24.4. The second-order valence-corrected chi connectivity index (χ2v) is 8.92. The molecule has 0 radical (unpaired) electrons. The van der Waals surface area contributed by atoms with Gasteiger partial charge < -0.3 is 14.2 Å². The molecule has 0 aliphatic rings. The summed E-state index contributed by atoms with van der Waals surface area (Å²) in [5, 5.41) is 14.3. The predicted molar refractivity (Wildman–Crippen MR) is 122 cm³/mol. The number of benzene rings is 1. The van der Waals surface area contributed by atoms with E-state index >= 15 is 0 Å². The van der Waals surface area contributed by atoms with Gasteiger partial charge >= 0.3 is 6.16 Å². The van der Waals surface area contributed by atoms with Crippen LogP contribution in [-0.2, 0) is 26.7 Å². The molecule has 0 saturated carbocycles. The third kappa shape index (κ3) is 6.79. The van der Waals surface area contributed by atoms with E-state index in [1.807, 2.05) is 43.5 Å². The highest BCUT2D eigenvalue weighted by atomic mass is 32.2. The molecule has 1 heterocycles. The fraction of sp³-hybridized carbons (Fsp3) is 0.435. The lowest BCUT2D eigenvalue weighted by atomic mass is 9.86. The lowest BCUT2D eigenvalue weighted by Crippen LogP contribution is -2.13. The van der Waals surface area contributed by atoms with Crippen molar-refractivity contribution in [1.82, 2.24) is 9.78 Å². The van der Waals surface area contributed by atoms with Crippen LogP contribution in [0.4, 0.5) is 4.79 Å². The Labute approximate surface area is 188 Å². The number of allylic oxidation sites excluding steroid dienone is 1. The van der Waals surface area contributed by atoms with Crippen LogP contribution in [0, 0.1) is 18.3 Å². The molecule has 0 bridgehead atoms. The molecule has 0 spiro atoms. The van der Waals surface area contributed by atoms with Crippen LogP contribution in [0.15, 0.2) is 30.3 Å². The van der Waals surface area contributed by atoms with Gasteiger partial charge in [0.15, 0.2) is 5.76 Å². The molecule has 0 atom stereocenters. The van der Waals surface area contributed by atoms with Crippen molar-refractivity contribution in [2.45, 2.75) is 33.1 Å². The normalized spacial score (nSPS) is 12.0. The fourth-order valence-electron chi connectivity index (χ4n) is 2.87. The molecule has 0 saturated heterocycles. The molecular weight excluding hydrogens is 414 g/mol. The van der Waals surface area contributed by atoms with E-state index in [2.05, 4.69) is 31.9 Å². The molecule has 1 aromatic carbocycles. The number of hydrogen-bond donors (Lipinski definition) is 0. The molecule has 8 heteroatoms. The summed E-state index contributed by atoms with van der Waals surface area (Å²) in [5.74, 6) is 0.962. The molecule has 2 aromatic rings. The molecule has 0 aliphatic carbocycles. The molecule has 0 amide bonds. The van der Waals surface area contributed by atoms with Crippen molar-refractivity contribution < 1.29 is 19.0 Å². The van der Waals surface area contributed by atoms with Crippen LogP contribution in [0.5, 0.6) is 0 Å². The Balaban J connectivity index is 2.34. The zero-order valence-corrected chi connectivity index (χ0v) is 19.7. The third-order valence-corrected chi connectivity index (χ3v) is 5.08. The van der Waals surface area contributed by atoms with Gasteiger partial charge in [0.2, 0.25) is 6.79 Å². The average molecular weight is 444 g/mol. The molecular formula is C23H29N3O4S. The monoisotopic (exact) mass is 443 g/mol. The summed E-state index contributed by atoms with van der Waals surface area (Å²) in [7, 11) is 1.76. The Morgan fingerprint density at radius 2 is 1.87 bits per heavy atom. The summed E-state index contributed by atoms with van der Waals surface area (Å²) in [5.41, 5.74) is 3.56. The highest BCUT2D eigenvalue weighted by molar-refractivity contribution is 7.98. The summed E-state index contributed by atoms with van der Waals surface area (Å²) < 4.78 is 17.4. The molecule has 0 unspecified atom stereocenters. The summed E-state index contributed by atoms with van der Waals surface area (Å²) in [4.78, 5) is 11.7. The third-order valence-electron chi connectivity index (χ3n) is 4.50. The van der Waals surface area contributed by atoms with Crippen LogP contribution in [0.25, 0.3) is 11.3 Å². The van der Waals surface area contributed by atoms with Gasteiger partial charge in [0, 0.05) is 12.8 Å². The van der Waals surface area contributed by atoms with Gasteiger partial charge in [-0.15, -0.1) is 0 Å². The van der Waals surface area contributed by atoms with Crippen LogP contribution in [0.2, 0.25) is 0 Å². The predicted octanol–water partition coefficient (Wildman–Crippen LogP) is 4.91. The van der Waals surface area contributed by atoms with E-state index in [4.69, 9.17) is 14.2 Å². The van der Waals surface area contributed by atoms with E-state index in [9.17, 15) is 10.1 Å². The highest BCUT2D eigenvalue weighted by Crippen LogP contribution is 2.30. The van der Waals surface area contributed by atoms with E-state index in [0.29, 0.717) is 22.6 Å². The fourth-order valence-corrected chi connectivity index (χ4v) is 3.12. The van der Waals surface area contributed by atoms with Gasteiger partial charge in [-0.05, 0) is 35.8 Å².